The minimum absolute atomic E-state index is 0.374. The first-order chi connectivity index (χ1) is 11.7. The van der Waals surface area contributed by atoms with Gasteiger partial charge in [0.15, 0.2) is 0 Å². The highest BCUT2D eigenvalue weighted by molar-refractivity contribution is 5.65. The summed E-state index contributed by atoms with van der Waals surface area (Å²) in [6, 6.07) is 23.1. The van der Waals surface area contributed by atoms with Crippen molar-refractivity contribution in [2.75, 3.05) is 0 Å². The van der Waals surface area contributed by atoms with Crippen LogP contribution in [0.3, 0.4) is 0 Å². The van der Waals surface area contributed by atoms with Gasteiger partial charge in [-0.15, -0.1) is 0 Å². The van der Waals surface area contributed by atoms with Crippen LogP contribution in [0.4, 0.5) is 0 Å². The van der Waals surface area contributed by atoms with Gasteiger partial charge in [-0.05, 0) is 59.5 Å². The van der Waals surface area contributed by atoms with Crippen LogP contribution in [-0.2, 0) is 10.8 Å². The van der Waals surface area contributed by atoms with E-state index in [1.165, 1.54) is 19.3 Å². The zero-order valence-corrected chi connectivity index (χ0v) is 14.7. The SMILES string of the molecule is CC1(C)[C@]2(c3ccccc3)[C@H]3[C@@H]4CC[C@@H](C4)[C@H]3[C@]12c1ccccc1. The van der Waals surface area contributed by atoms with Gasteiger partial charge in [0.1, 0.15) is 0 Å². The Hall–Kier alpha value is -1.56. The molecule has 4 aliphatic carbocycles. The largest absolute Gasteiger partial charge is 0.0622 e. The third-order valence-corrected chi connectivity index (χ3v) is 8.91. The average molecular weight is 314 g/mol. The molecule has 2 aromatic carbocycles. The summed E-state index contributed by atoms with van der Waals surface area (Å²) in [5.74, 6) is 3.82. The van der Waals surface area contributed by atoms with Crippen molar-refractivity contribution in [3.05, 3.63) is 71.8 Å². The Balaban J connectivity index is 1.63. The molecule has 24 heavy (non-hydrogen) atoms. The summed E-state index contributed by atoms with van der Waals surface area (Å²) >= 11 is 0. The molecular weight excluding hydrogens is 288 g/mol. The molecule has 0 heterocycles. The topological polar surface area (TPSA) is 0 Å². The molecule has 4 aliphatic rings. The highest BCUT2D eigenvalue weighted by Gasteiger charge is 2.97. The molecule has 0 unspecified atom stereocenters. The van der Waals surface area contributed by atoms with Gasteiger partial charge in [0.25, 0.3) is 0 Å². The molecule has 122 valence electrons. The van der Waals surface area contributed by atoms with Crippen LogP contribution in [-0.4, -0.2) is 0 Å². The number of benzene rings is 2. The molecule has 6 rings (SSSR count). The molecule has 0 heteroatoms. The summed E-state index contributed by atoms with van der Waals surface area (Å²) < 4.78 is 0. The van der Waals surface area contributed by atoms with Gasteiger partial charge in [-0.3, -0.25) is 0 Å². The van der Waals surface area contributed by atoms with Gasteiger partial charge in [0.05, 0.1) is 0 Å². The first-order valence-corrected chi connectivity index (χ1v) is 9.78. The normalized spacial score (nSPS) is 46.1. The van der Waals surface area contributed by atoms with Crippen LogP contribution >= 0.6 is 0 Å². The van der Waals surface area contributed by atoms with E-state index in [-0.39, 0.29) is 0 Å². The summed E-state index contributed by atoms with van der Waals surface area (Å²) in [5, 5.41) is 0. The maximum atomic E-state index is 2.57. The maximum Gasteiger partial charge on any atom is 0.0152 e. The summed E-state index contributed by atoms with van der Waals surface area (Å²) in [6.07, 6.45) is 4.48. The van der Waals surface area contributed by atoms with Crippen molar-refractivity contribution >= 4 is 0 Å². The van der Waals surface area contributed by atoms with E-state index in [4.69, 9.17) is 0 Å². The van der Waals surface area contributed by atoms with Crippen LogP contribution in [0.1, 0.15) is 44.2 Å². The van der Waals surface area contributed by atoms with Crippen molar-refractivity contribution in [1.29, 1.82) is 0 Å². The van der Waals surface area contributed by atoms with Crippen molar-refractivity contribution in [3.63, 3.8) is 0 Å². The second-order valence-electron chi connectivity index (χ2n) is 9.36. The lowest BCUT2D eigenvalue weighted by molar-refractivity contribution is 0.0323. The molecule has 0 amide bonds. The number of hydrogen-bond donors (Lipinski definition) is 0. The Morgan fingerprint density at radius 2 is 1.08 bits per heavy atom. The molecular formula is C24H26. The van der Waals surface area contributed by atoms with Gasteiger partial charge in [0, 0.05) is 10.8 Å². The predicted molar refractivity (Wildman–Crippen MR) is 97.8 cm³/mol. The molecule has 0 spiro atoms. The second-order valence-corrected chi connectivity index (χ2v) is 9.36. The van der Waals surface area contributed by atoms with E-state index in [1.54, 1.807) is 11.1 Å². The van der Waals surface area contributed by atoms with Gasteiger partial charge in [-0.25, -0.2) is 0 Å². The van der Waals surface area contributed by atoms with Gasteiger partial charge < -0.3 is 0 Å². The highest BCUT2D eigenvalue weighted by atomic mass is 15.0. The zero-order valence-electron chi connectivity index (χ0n) is 14.7. The molecule has 0 N–H and O–H groups in total. The zero-order chi connectivity index (χ0) is 16.2. The molecule has 4 saturated carbocycles. The lowest BCUT2D eigenvalue weighted by Gasteiger charge is -2.54. The lowest BCUT2D eigenvalue weighted by atomic mass is 9.49. The first kappa shape index (κ1) is 13.7. The van der Waals surface area contributed by atoms with Gasteiger partial charge in [-0.1, -0.05) is 74.5 Å². The molecule has 2 bridgehead atoms. The molecule has 0 aliphatic heterocycles. The van der Waals surface area contributed by atoms with Gasteiger partial charge >= 0.3 is 0 Å². The van der Waals surface area contributed by atoms with Crippen LogP contribution in [0, 0.1) is 29.1 Å². The van der Waals surface area contributed by atoms with Crippen LogP contribution < -0.4 is 0 Å². The van der Waals surface area contributed by atoms with Crippen LogP contribution in [0.25, 0.3) is 0 Å². The standard InChI is InChI=1S/C24H26/c1-22(2)23(18-9-5-3-6-10-18)20-16-13-14-17(15-16)21(20)24(22,23)19-11-7-4-8-12-19/h3-12,16-17,20-21H,13-15H2,1-2H3/t16-,17+,20+,21-,23+,24-. The third-order valence-electron chi connectivity index (χ3n) is 8.91. The summed E-state index contributed by atoms with van der Waals surface area (Å²) in [7, 11) is 0. The molecule has 0 aromatic heterocycles. The van der Waals surface area contributed by atoms with Crippen molar-refractivity contribution < 1.29 is 0 Å². The number of fused-ring (bicyclic) bond motifs is 8. The fourth-order valence-electron chi connectivity index (χ4n) is 8.71. The van der Waals surface area contributed by atoms with E-state index in [2.05, 4.69) is 74.5 Å². The summed E-state index contributed by atoms with van der Waals surface area (Å²) in [6.45, 7) is 5.15. The van der Waals surface area contributed by atoms with Crippen molar-refractivity contribution in [1.82, 2.24) is 0 Å². The van der Waals surface area contributed by atoms with Gasteiger partial charge in [-0.2, -0.15) is 0 Å². The highest BCUT2D eigenvalue weighted by Crippen LogP contribution is 2.97. The third kappa shape index (κ3) is 1.08. The molecule has 0 saturated heterocycles. The first-order valence-electron chi connectivity index (χ1n) is 9.78. The van der Waals surface area contributed by atoms with E-state index in [1.807, 2.05) is 0 Å². The lowest BCUT2D eigenvalue weighted by Crippen LogP contribution is -2.54. The quantitative estimate of drug-likeness (QED) is 0.679. The van der Waals surface area contributed by atoms with Crippen molar-refractivity contribution in [2.24, 2.45) is 29.1 Å². The van der Waals surface area contributed by atoms with E-state index in [9.17, 15) is 0 Å². The van der Waals surface area contributed by atoms with E-state index in [0.717, 1.165) is 23.7 Å². The Bertz CT molecular complexity index is 737. The summed E-state index contributed by atoms with van der Waals surface area (Å²) in [5.41, 5.74) is 4.37. The monoisotopic (exact) mass is 314 g/mol. The second kappa shape index (κ2) is 3.98. The predicted octanol–water partition coefficient (Wildman–Crippen LogP) is 5.58. The maximum absolute atomic E-state index is 2.57. The smallest absolute Gasteiger partial charge is 0.0152 e. The van der Waals surface area contributed by atoms with Crippen LogP contribution in [0.5, 0.6) is 0 Å². The van der Waals surface area contributed by atoms with Crippen molar-refractivity contribution in [3.8, 4) is 0 Å². The molecule has 0 radical (unpaired) electrons. The Labute approximate surface area is 145 Å². The van der Waals surface area contributed by atoms with Crippen molar-refractivity contribution in [2.45, 2.75) is 43.9 Å². The van der Waals surface area contributed by atoms with Crippen LogP contribution in [0.2, 0.25) is 0 Å². The fourth-order valence-corrected chi connectivity index (χ4v) is 8.71. The Morgan fingerprint density at radius 3 is 1.50 bits per heavy atom. The fraction of sp³-hybridized carbons (Fsp3) is 0.500. The minimum Gasteiger partial charge on any atom is -0.0622 e. The molecule has 0 nitrogen and oxygen atoms in total. The Morgan fingerprint density at radius 1 is 0.667 bits per heavy atom. The Kier molecular flexibility index (Phi) is 2.27. The average Bonchev–Trinajstić information content (AvgIpc) is 2.98. The van der Waals surface area contributed by atoms with Crippen LogP contribution in [0.15, 0.2) is 60.7 Å². The molecule has 2 aromatic rings. The van der Waals surface area contributed by atoms with Gasteiger partial charge in [0.2, 0.25) is 0 Å². The summed E-state index contributed by atoms with van der Waals surface area (Å²) in [4.78, 5) is 0. The number of hydrogen-bond acceptors (Lipinski definition) is 0. The number of rotatable bonds is 2. The molecule has 6 atom stereocenters. The van der Waals surface area contributed by atoms with E-state index < -0.39 is 0 Å². The van der Waals surface area contributed by atoms with E-state index in [0.29, 0.717) is 16.2 Å². The van der Waals surface area contributed by atoms with E-state index >= 15 is 0 Å². The molecule has 4 fully saturated rings. The minimum atomic E-state index is 0.374.